The normalized spacial score (nSPS) is 25.1. The first kappa shape index (κ1) is 24.7. The van der Waals surface area contributed by atoms with E-state index in [2.05, 4.69) is 31.3 Å². The lowest BCUT2D eigenvalue weighted by Gasteiger charge is -2.25. The minimum atomic E-state index is -1.29. The van der Waals surface area contributed by atoms with Crippen molar-refractivity contribution in [3.8, 4) is 0 Å². The number of benzene rings is 1. The van der Waals surface area contributed by atoms with Gasteiger partial charge in [0.25, 0.3) is 0 Å². The third kappa shape index (κ3) is 7.28. The average Bonchev–Trinajstić information content (AvgIpc) is 2.74. The van der Waals surface area contributed by atoms with Crippen LogP contribution in [-0.4, -0.2) is 54.3 Å². The first-order chi connectivity index (χ1) is 15.2. The van der Waals surface area contributed by atoms with E-state index in [-0.39, 0.29) is 18.9 Å². The van der Waals surface area contributed by atoms with E-state index >= 15 is 0 Å². The van der Waals surface area contributed by atoms with Crippen molar-refractivity contribution in [2.45, 2.75) is 57.8 Å². The first-order valence-corrected chi connectivity index (χ1v) is 10.5. The highest BCUT2D eigenvalue weighted by Crippen LogP contribution is 2.09. The van der Waals surface area contributed by atoms with E-state index in [0.29, 0.717) is 6.42 Å². The van der Waals surface area contributed by atoms with Crippen molar-refractivity contribution in [2.75, 3.05) is 6.54 Å². The Hall–Kier alpha value is -3.59. The molecule has 1 aliphatic rings. The number of rotatable bonds is 5. The maximum absolute atomic E-state index is 12.9. The highest BCUT2D eigenvalue weighted by Gasteiger charge is 2.32. The van der Waals surface area contributed by atoms with Gasteiger partial charge in [-0.3, -0.25) is 19.2 Å². The van der Waals surface area contributed by atoms with Gasteiger partial charge in [0.1, 0.15) is 18.1 Å². The number of nitrogens with zero attached hydrogens (tertiary/aromatic N) is 3. The van der Waals surface area contributed by atoms with Crippen molar-refractivity contribution in [3.05, 3.63) is 46.3 Å². The van der Waals surface area contributed by atoms with Crippen LogP contribution in [0.3, 0.4) is 0 Å². The summed E-state index contributed by atoms with van der Waals surface area (Å²) in [5, 5.41) is 13.9. The summed E-state index contributed by atoms with van der Waals surface area (Å²) in [4.78, 5) is 53.6. The molecule has 1 aliphatic heterocycles. The highest BCUT2D eigenvalue weighted by molar-refractivity contribution is 5.94. The highest BCUT2D eigenvalue weighted by atomic mass is 16.2. The van der Waals surface area contributed by atoms with Gasteiger partial charge in [-0.15, -0.1) is 0 Å². The molecule has 32 heavy (non-hydrogen) atoms. The minimum absolute atomic E-state index is 0.0955. The fourth-order valence-electron chi connectivity index (χ4n) is 3.39. The zero-order valence-electron chi connectivity index (χ0n) is 18.4. The van der Waals surface area contributed by atoms with Gasteiger partial charge in [0.05, 0.1) is 6.54 Å². The Labute approximate surface area is 186 Å². The molecule has 0 spiro atoms. The maximum atomic E-state index is 12.9. The molecule has 0 aliphatic carbocycles. The standard InChI is InChI=1S/C21H29N7O4/c1-12(2)9-15-20(31)24-13(3)18(27-28-22)21(32)26-16(10-14-7-5-4-6-8-14)19(30)23-11-17(29)25-15/h4-8,12-13,15-16,18H,9-11H2,1-3H3,(H,23,30)(H,24,31)(H,25,29)(H,26,32)/t13-,15-,16-,18+/m0/s1. The SMILES string of the molecule is CC(C)C[C@@H]1NC(=O)CNC(=O)[C@H](Cc2ccccc2)NC(=O)[C@H](N=[N+]=[N-])[C@H](C)NC1=O. The van der Waals surface area contributed by atoms with Crippen molar-refractivity contribution >= 4 is 23.6 Å². The molecule has 11 nitrogen and oxygen atoms in total. The van der Waals surface area contributed by atoms with Gasteiger partial charge in [-0.1, -0.05) is 49.3 Å². The minimum Gasteiger partial charge on any atom is -0.351 e. The summed E-state index contributed by atoms with van der Waals surface area (Å²) in [6.45, 7) is 4.97. The average molecular weight is 444 g/mol. The van der Waals surface area contributed by atoms with E-state index in [0.717, 1.165) is 5.56 Å². The summed E-state index contributed by atoms with van der Waals surface area (Å²) in [5.41, 5.74) is 9.73. The van der Waals surface area contributed by atoms with Gasteiger partial charge in [-0.2, -0.15) is 0 Å². The van der Waals surface area contributed by atoms with Crippen molar-refractivity contribution in [3.63, 3.8) is 0 Å². The molecule has 11 heteroatoms. The van der Waals surface area contributed by atoms with Crippen molar-refractivity contribution in [1.82, 2.24) is 21.3 Å². The van der Waals surface area contributed by atoms with Gasteiger partial charge in [0.2, 0.25) is 23.6 Å². The van der Waals surface area contributed by atoms with Crippen LogP contribution in [0.2, 0.25) is 0 Å². The van der Waals surface area contributed by atoms with E-state index in [4.69, 9.17) is 5.53 Å². The molecule has 1 heterocycles. The molecule has 0 aromatic heterocycles. The van der Waals surface area contributed by atoms with Gasteiger partial charge in [0.15, 0.2) is 0 Å². The largest absolute Gasteiger partial charge is 0.351 e. The van der Waals surface area contributed by atoms with E-state index in [1.165, 1.54) is 6.92 Å². The molecule has 0 radical (unpaired) electrons. The Kier molecular flexibility index (Phi) is 9.03. The molecule has 4 N–H and O–H groups in total. The van der Waals surface area contributed by atoms with Crippen LogP contribution in [0.15, 0.2) is 35.4 Å². The molecular weight excluding hydrogens is 414 g/mol. The molecule has 1 saturated heterocycles. The smallest absolute Gasteiger partial charge is 0.243 e. The van der Waals surface area contributed by atoms with Gasteiger partial charge in [0, 0.05) is 17.4 Å². The summed E-state index contributed by atoms with van der Waals surface area (Å²) in [7, 11) is 0. The molecule has 4 amide bonds. The molecule has 4 atom stereocenters. The summed E-state index contributed by atoms with van der Waals surface area (Å²) in [5.74, 6) is -2.20. The molecule has 0 saturated carbocycles. The van der Waals surface area contributed by atoms with Gasteiger partial charge in [-0.05, 0) is 30.4 Å². The summed E-state index contributed by atoms with van der Waals surface area (Å²) in [6, 6.07) is 5.01. The molecule has 2 rings (SSSR count). The topological polar surface area (TPSA) is 165 Å². The zero-order valence-corrected chi connectivity index (χ0v) is 18.4. The van der Waals surface area contributed by atoms with E-state index < -0.39 is 47.8 Å². The van der Waals surface area contributed by atoms with Crippen LogP contribution >= 0.6 is 0 Å². The lowest BCUT2D eigenvalue weighted by molar-refractivity contribution is -0.131. The Morgan fingerprint density at radius 2 is 1.69 bits per heavy atom. The molecule has 1 aromatic rings. The van der Waals surface area contributed by atoms with Crippen molar-refractivity contribution in [2.24, 2.45) is 11.0 Å². The molecule has 0 unspecified atom stereocenters. The van der Waals surface area contributed by atoms with Crippen LogP contribution in [0, 0.1) is 5.92 Å². The summed E-state index contributed by atoms with van der Waals surface area (Å²) in [6.07, 6.45) is 0.521. The fraction of sp³-hybridized carbons (Fsp3) is 0.524. The molecule has 172 valence electrons. The van der Waals surface area contributed by atoms with E-state index in [1.54, 1.807) is 24.3 Å². The predicted molar refractivity (Wildman–Crippen MR) is 117 cm³/mol. The maximum Gasteiger partial charge on any atom is 0.243 e. The first-order valence-electron chi connectivity index (χ1n) is 10.5. The predicted octanol–water partition coefficient (Wildman–Crippen LogP) is 0.558. The monoisotopic (exact) mass is 443 g/mol. The van der Waals surface area contributed by atoms with Gasteiger partial charge < -0.3 is 21.3 Å². The lowest BCUT2D eigenvalue weighted by atomic mass is 10.0. The number of azide groups is 1. The number of carbonyl (C=O) groups excluding carboxylic acids is 4. The Morgan fingerprint density at radius 1 is 1.00 bits per heavy atom. The van der Waals surface area contributed by atoms with Crippen LogP contribution in [-0.2, 0) is 25.6 Å². The molecule has 1 aromatic carbocycles. The van der Waals surface area contributed by atoms with Crippen LogP contribution in [0.1, 0.15) is 32.8 Å². The Balaban J connectivity index is 2.35. The van der Waals surface area contributed by atoms with Gasteiger partial charge in [-0.25, -0.2) is 0 Å². The number of nitrogens with one attached hydrogen (secondary N) is 4. The number of carbonyl (C=O) groups is 4. The lowest BCUT2D eigenvalue weighted by Crippen LogP contribution is -2.55. The fourth-order valence-corrected chi connectivity index (χ4v) is 3.39. The number of hydrogen-bond donors (Lipinski definition) is 4. The van der Waals surface area contributed by atoms with E-state index in [9.17, 15) is 19.2 Å². The zero-order chi connectivity index (χ0) is 23.7. The second-order valence-corrected chi connectivity index (χ2v) is 8.17. The Bertz CT molecular complexity index is 883. The van der Waals surface area contributed by atoms with Gasteiger partial charge >= 0.3 is 0 Å². The van der Waals surface area contributed by atoms with Crippen LogP contribution < -0.4 is 21.3 Å². The molecule has 1 fully saturated rings. The van der Waals surface area contributed by atoms with E-state index in [1.807, 2.05) is 19.9 Å². The van der Waals surface area contributed by atoms with Crippen molar-refractivity contribution in [1.29, 1.82) is 0 Å². The second-order valence-electron chi connectivity index (χ2n) is 8.17. The van der Waals surface area contributed by atoms with Crippen molar-refractivity contribution < 1.29 is 19.2 Å². The second kappa shape index (κ2) is 11.7. The number of hydrogen-bond acceptors (Lipinski definition) is 5. The summed E-state index contributed by atoms with van der Waals surface area (Å²) < 4.78 is 0. The quantitative estimate of drug-likeness (QED) is 0.297. The molecule has 0 bridgehead atoms. The number of amides is 4. The van der Waals surface area contributed by atoms with Crippen LogP contribution in [0.5, 0.6) is 0 Å². The third-order valence-corrected chi connectivity index (χ3v) is 4.99. The Morgan fingerprint density at radius 3 is 2.31 bits per heavy atom. The summed E-state index contributed by atoms with van der Waals surface area (Å²) >= 11 is 0. The van der Waals surface area contributed by atoms with Crippen LogP contribution in [0.25, 0.3) is 10.4 Å². The third-order valence-electron chi connectivity index (χ3n) is 4.99. The molecular formula is C21H29N7O4. The van der Waals surface area contributed by atoms with Crippen LogP contribution in [0.4, 0.5) is 0 Å².